The monoisotopic (exact) mass is 411 g/mol. The van der Waals surface area contributed by atoms with E-state index in [2.05, 4.69) is 4.98 Å². The van der Waals surface area contributed by atoms with Gasteiger partial charge in [0, 0.05) is 53.7 Å². The molecule has 0 fully saturated rings. The van der Waals surface area contributed by atoms with Gasteiger partial charge in [0.2, 0.25) is 0 Å². The van der Waals surface area contributed by atoms with Crippen LogP contribution in [0.25, 0.3) is 22.0 Å². The van der Waals surface area contributed by atoms with Crippen molar-refractivity contribution >= 4 is 16.6 Å². The van der Waals surface area contributed by atoms with Gasteiger partial charge in [0.25, 0.3) is 17.7 Å². The van der Waals surface area contributed by atoms with E-state index in [1.54, 1.807) is 25.5 Å². The van der Waals surface area contributed by atoms with Crippen molar-refractivity contribution in [3.8, 4) is 22.6 Å². The number of halogens is 2. The molecule has 0 radical (unpaired) electrons. The highest BCUT2D eigenvalue weighted by Gasteiger charge is 2.18. The van der Waals surface area contributed by atoms with Gasteiger partial charge in [0.1, 0.15) is 17.0 Å². The summed E-state index contributed by atoms with van der Waals surface area (Å²) in [5, 5.41) is 11.9. The van der Waals surface area contributed by atoms with E-state index in [1.165, 1.54) is 47.0 Å². The Morgan fingerprint density at radius 3 is 2.50 bits per heavy atom. The van der Waals surface area contributed by atoms with Crippen LogP contribution in [-0.4, -0.2) is 14.5 Å². The van der Waals surface area contributed by atoms with Crippen LogP contribution in [0.15, 0.2) is 65.7 Å². The summed E-state index contributed by atoms with van der Waals surface area (Å²) >= 11 is 0. The zero-order valence-electron chi connectivity index (χ0n) is 15.6. The quantitative estimate of drug-likeness (QED) is 0.362. The molecule has 4 rings (SSSR count). The first-order valence-corrected chi connectivity index (χ1v) is 8.86. The number of aromatic amines is 1. The number of nitro benzene ring substituents is 1. The molecule has 2 heterocycles. The first kappa shape index (κ1) is 19.3. The number of rotatable bonds is 5. The number of aromatic nitrogens is 2. The Labute approximate surface area is 168 Å². The van der Waals surface area contributed by atoms with E-state index < -0.39 is 11.3 Å². The fourth-order valence-corrected chi connectivity index (χ4v) is 3.22. The van der Waals surface area contributed by atoms with Gasteiger partial charge in [-0.3, -0.25) is 14.9 Å². The van der Waals surface area contributed by atoms with Gasteiger partial charge in [0.05, 0.1) is 4.92 Å². The zero-order chi connectivity index (χ0) is 21.4. The molecule has 9 heteroatoms. The molecule has 4 aromatic rings. The Hall–Kier alpha value is -4.01. The largest absolute Gasteiger partial charge is 0.457 e. The fraction of sp³-hybridized carbons (Fsp3) is 0.0952. The molecule has 0 saturated heterocycles. The Morgan fingerprint density at radius 1 is 1.10 bits per heavy atom. The number of nitrogens with one attached hydrogen (secondary N) is 1. The normalized spacial score (nSPS) is 11.2. The van der Waals surface area contributed by atoms with Crippen LogP contribution in [-0.2, 0) is 7.05 Å². The summed E-state index contributed by atoms with van der Waals surface area (Å²) in [6.45, 7) is 0. The summed E-state index contributed by atoms with van der Waals surface area (Å²) in [4.78, 5) is 26.0. The molecule has 0 aliphatic heterocycles. The van der Waals surface area contributed by atoms with E-state index >= 15 is 0 Å². The van der Waals surface area contributed by atoms with Gasteiger partial charge in [-0.05, 0) is 36.4 Å². The standard InChI is InChI=1S/C21H15F2N3O4/c1-25-11-17(15-8-9-24-19(15)21(25)27)16-10-13(26(28)29)4-7-18(16)30-14-5-2-12(3-6-14)20(22)23/h2-11,20,24H,1H3. The smallest absolute Gasteiger partial charge is 0.274 e. The maximum absolute atomic E-state index is 12.8. The maximum atomic E-state index is 12.8. The summed E-state index contributed by atoms with van der Waals surface area (Å²) in [5.74, 6) is 0.580. The van der Waals surface area contributed by atoms with E-state index in [0.717, 1.165) is 0 Å². The lowest BCUT2D eigenvalue weighted by molar-refractivity contribution is -0.384. The van der Waals surface area contributed by atoms with Crippen molar-refractivity contribution < 1.29 is 18.4 Å². The Kier molecular flexibility index (Phi) is 4.78. The molecule has 0 atom stereocenters. The molecule has 0 unspecified atom stereocenters. The lowest BCUT2D eigenvalue weighted by atomic mass is 10.0. The van der Waals surface area contributed by atoms with E-state index in [4.69, 9.17) is 4.74 Å². The molecule has 2 aromatic heterocycles. The number of H-pyrrole nitrogens is 1. The van der Waals surface area contributed by atoms with E-state index in [9.17, 15) is 23.7 Å². The molecule has 7 nitrogen and oxygen atoms in total. The first-order chi connectivity index (χ1) is 14.3. The molecule has 0 aliphatic rings. The lowest BCUT2D eigenvalue weighted by Gasteiger charge is -2.13. The number of aryl methyl sites for hydroxylation is 1. The average molecular weight is 411 g/mol. The number of nitro groups is 1. The van der Waals surface area contributed by atoms with E-state index in [-0.39, 0.29) is 22.6 Å². The number of non-ortho nitro benzene ring substituents is 1. The molecule has 0 saturated carbocycles. The number of fused-ring (bicyclic) bond motifs is 1. The van der Waals surface area contributed by atoms with Crippen LogP contribution >= 0.6 is 0 Å². The number of hydrogen-bond donors (Lipinski definition) is 1. The van der Waals surface area contributed by atoms with Crippen LogP contribution in [0.4, 0.5) is 14.5 Å². The predicted octanol–water partition coefficient (Wildman–Crippen LogP) is 5.17. The highest BCUT2D eigenvalue weighted by Crippen LogP contribution is 2.39. The molecule has 0 bridgehead atoms. The average Bonchev–Trinajstić information content (AvgIpc) is 3.21. The van der Waals surface area contributed by atoms with Crippen molar-refractivity contribution in [2.24, 2.45) is 7.05 Å². The molecule has 30 heavy (non-hydrogen) atoms. The number of benzene rings is 2. The molecule has 0 amide bonds. The summed E-state index contributed by atoms with van der Waals surface area (Å²) in [6, 6.07) is 11.1. The van der Waals surface area contributed by atoms with Gasteiger partial charge in [-0.15, -0.1) is 0 Å². The SMILES string of the molecule is Cn1cc(-c2cc([N+](=O)[O-])ccc2Oc2ccc(C(F)F)cc2)c2cc[nH]c2c1=O. The zero-order valence-corrected chi connectivity index (χ0v) is 15.6. The van der Waals surface area contributed by atoms with Gasteiger partial charge in [0.15, 0.2) is 0 Å². The van der Waals surface area contributed by atoms with Crippen molar-refractivity contribution in [2.75, 3.05) is 0 Å². The van der Waals surface area contributed by atoms with Crippen LogP contribution in [0, 0.1) is 10.1 Å². The molecule has 1 N–H and O–H groups in total. The van der Waals surface area contributed by atoms with Crippen molar-refractivity contribution in [2.45, 2.75) is 6.43 Å². The summed E-state index contributed by atoms with van der Waals surface area (Å²) in [5.41, 5.74) is 0.767. The number of ether oxygens (including phenoxy) is 1. The van der Waals surface area contributed by atoms with Crippen molar-refractivity contribution in [1.82, 2.24) is 9.55 Å². The van der Waals surface area contributed by atoms with Gasteiger partial charge in [-0.2, -0.15) is 0 Å². The third kappa shape index (κ3) is 3.41. The molecular formula is C21H15F2N3O4. The third-order valence-corrected chi connectivity index (χ3v) is 4.72. The second-order valence-electron chi connectivity index (χ2n) is 6.63. The van der Waals surface area contributed by atoms with Crippen molar-refractivity contribution in [1.29, 1.82) is 0 Å². The van der Waals surface area contributed by atoms with Gasteiger partial charge in [-0.1, -0.05) is 0 Å². The lowest BCUT2D eigenvalue weighted by Crippen LogP contribution is -2.16. The Morgan fingerprint density at radius 2 is 1.83 bits per heavy atom. The Bertz CT molecular complexity index is 1310. The van der Waals surface area contributed by atoms with E-state index in [1.807, 2.05) is 0 Å². The Balaban J connectivity index is 1.87. The summed E-state index contributed by atoms with van der Waals surface area (Å²) < 4.78 is 32.8. The van der Waals surface area contributed by atoms with Crippen molar-refractivity contribution in [3.63, 3.8) is 0 Å². The molecule has 0 aliphatic carbocycles. The van der Waals surface area contributed by atoms with Crippen LogP contribution < -0.4 is 10.3 Å². The van der Waals surface area contributed by atoms with Crippen LogP contribution in [0.3, 0.4) is 0 Å². The minimum Gasteiger partial charge on any atom is -0.457 e. The minimum absolute atomic E-state index is 0.140. The molecular weight excluding hydrogens is 396 g/mol. The van der Waals surface area contributed by atoms with Crippen LogP contribution in [0.1, 0.15) is 12.0 Å². The van der Waals surface area contributed by atoms with Crippen LogP contribution in [0.2, 0.25) is 0 Å². The second-order valence-corrected chi connectivity index (χ2v) is 6.63. The summed E-state index contributed by atoms with van der Waals surface area (Å²) in [6.07, 6.45) is 0.586. The van der Waals surface area contributed by atoms with Crippen molar-refractivity contribution in [3.05, 3.63) is 87.0 Å². The molecule has 152 valence electrons. The number of hydrogen-bond acceptors (Lipinski definition) is 4. The van der Waals surface area contributed by atoms with Crippen LogP contribution in [0.5, 0.6) is 11.5 Å². The molecule has 2 aromatic carbocycles. The van der Waals surface area contributed by atoms with E-state index in [0.29, 0.717) is 27.8 Å². The second kappa shape index (κ2) is 7.43. The van der Waals surface area contributed by atoms with Gasteiger partial charge < -0.3 is 14.3 Å². The third-order valence-electron chi connectivity index (χ3n) is 4.72. The van der Waals surface area contributed by atoms with Gasteiger partial charge in [-0.25, -0.2) is 8.78 Å². The first-order valence-electron chi connectivity index (χ1n) is 8.86. The number of pyridine rings is 1. The number of nitrogens with zero attached hydrogens (tertiary/aromatic N) is 2. The number of alkyl halides is 2. The maximum Gasteiger partial charge on any atom is 0.274 e. The van der Waals surface area contributed by atoms with Gasteiger partial charge >= 0.3 is 0 Å². The fourth-order valence-electron chi connectivity index (χ4n) is 3.22. The highest BCUT2D eigenvalue weighted by atomic mass is 19.3. The predicted molar refractivity (Wildman–Crippen MR) is 107 cm³/mol. The topological polar surface area (TPSA) is 90.2 Å². The minimum atomic E-state index is -2.60. The summed E-state index contributed by atoms with van der Waals surface area (Å²) in [7, 11) is 1.58. The highest BCUT2D eigenvalue weighted by molar-refractivity contribution is 5.96. The molecule has 0 spiro atoms.